The lowest BCUT2D eigenvalue weighted by molar-refractivity contribution is 0.00578. The molecule has 1 aliphatic heterocycles. The third-order valence-electron chi connectivity index (χ3n) is 23.2. The molecule has 0 saturated carbocycles. The van der Waals surface area contributed by atoms with Crippen molar-refractivity contribution in [3.8, 4) is 79.2 Å². The van der Waals surface area contributed by atoms with E-state index in [1.54, 1.807) is 0 Å². The van der Waals surface area contributed by atoms with Gasteiger partial charge in [0.2, 0.25) is 5.28 Å². The monoisotopic (exact) mass is 1410 g/mol. The van der Waals surface area contributed by atoms with Crippen LogP contribution in [-0.4, -0.2) is 48.2 Å². The lowest BCUT2D eigenvalue weighted by atomic mass is 9.72. The molecular formula is C98H74BClN6O2. The van der Waals surface area contributed by atoms with Crippen LogP contribution < -0.4 is 5.46 Å². The Hall–Kier alpha value is -12.1. The van der Waals surface area contributed by atoms with E-state index < -0.39 is 18.3 Å². The number of hydrogen-bond acceptors (Lipinski definition) is 8. The second kappa shape index (κ2) is 25.6. The molecule has 108 heavy (non-hydrogen) atoms. The molecule has 8 nitrogen and oxygen atoms in total. The number of nitrogens with zero attached hydrogens (tertiary/aromatic N) is 6. The predicted octanol–water partition coefficient (Wildman–Crippen LogP) is 24.6. The largest absolute Gasteiger partial charge is 0.495 e. The van der Waals surface area contributed by atoms with Crippen molar-refractivity contribution in [3.63, 3.8) is 0 Å². The van der Waals surface area contributed by atoms with Crippen LogP contribution in [0.15, 0.2) is 303 Å². The van der Waals surface area contributed by atoms with E-state index in [2.05, 4.69) is 277 Å². The summed E-state index contributed by atoms with van der Waals surface area (Å²) in [5, 5.41) is 20.7. The number of benzene rings is 16. The summed E-state index contributed by atoms with van der Waals surface area (Å²) >= 11 is 5.99. The molecule has 0 unspecified atom stereocenters. The average Bonchev–Trinajstić information content (AvgIpc) is 1.53. The van der Waals surface area contributed by atoms with Gasteiger partial charge in [0.25, 0.3) is 0 Å². The van der Waals surface area contributed by atoms with Gasteiger partial charge in [-0.1, -0.05) is 301 Å². The first-order valence-corrected chi connectivity index (χ1v) is 37.5. The summed E-state index contributed by atoms with van der Waals surface area (Å²) in [6.45, 7) is 18.0. The van der Waals surface area contributed by atoms with Gasteiger partial charge in [-0.15, -0.1) is 0 Å². The maximum atomic E-state index is 6.60. The highest BCUT2D eigenvalue weighted by Crippen LogP contribution is 2.57. The second-order valence-corrected chi connectivity index (χ2v) is 31.1. The SMILES string of the molecule is CC1(C)c2cc3c4ccccc4c4ccccc4c3cc2-c2c1cc(-c1nc(-c3ccccc3)nc(-c3ccccc3)n1)c1ccccc21.CC1(C)c2cc3c4ccccc4c4ccccc4c3cc2-c2c1cc(B1OC(C)(C)C(C)(C)O1)c1ccccc21.Clc1nc(-c2ccccc2)nc(-c2ccccc2)n1. The number of hydrogen-bond donors (Lipinski definition) is 0. The molecule has 2 aliphatic carbocycles. The topological polar surface area (TPSA) is 95.8 Å². The van der Waals surface area contributed by atoms with E-state index in [1.165, 1.54) is 125 Å². The fourth-order valence-corrected chi connectivity index (χ4v) is 17.2. The first kappa shape index (κ1) is 66.6. The summed E-state index contributed by atoms with van der Waals surface area (Å²) in [5.74, 6) is 3.18. The predicted molar refractivity (Wildman–Crippen MR) is 449 cm³/mol. The van der Waals surface area contributed by atoms with Crippen LogP contribution in [0.3, 0.4) is 0 Å². The number of fused-ring (bicyclic) bond motifs is 22. The Kier molecular flexibility index (Phi) is 15.8. The summed E-state index contributed by atoms with van der Waals surface area (Å²) < 4.78 is 13.2. The summed E-state index contributed by atoms with van der Waals surface area (Å²) in [6.07, 6.45) is 0. The molecule has 1 saturated heterocycles. The minimum absolute atomic E-state index is 0.173. The quantitative estimate of drug-likeness (QED) is 0.120. The summed E-state index contributed by atoms with van der Waals surface area (Å²) in [5.41, 5.74) is 15.4. The molecule has 3 aliphatic rings. The first-order valence-electron chi connectivity index (χ1n) is 37.1. The summed E-state index contributed by atoms with van der Waals surface area (Å²) in [6, 6.07) is 107. The Balaban J connectivity index is 0.000000120. The molecule has 0 bridgehead atoms. The molecule has 0 atom stereocenters. The Morgan fingerprint density at radius 3 is 0.870 bits per heavy atom. The van der Waals surface area contributed by atoms with Crippen molar-refractivity contribution in [3.05, 3.63) is 331 Å². The van der Waals surface area contributed by atoms with Crippen LogP contribution in [0.4, 0.5) is 0 Å². The molecule has 21 rings (SSSR count). The van der Waals surface area contributed by atoms with E-state index in [4.69, 9.17) is 35.9 Å². The average molecular weight is 1410 g/mol. The zero-order chi connectivity index (χ0) is 73.4. The molecule has 10 heteroatoms. The van der Waals surface area contributed by atoms with Gasteiger partial charge in [0.05, 0.1) is 11.2 Å². The number of rotatable bonds is 6. The van der Waals surface area contributed by atoms with E-state index in [0.29, 0.717) is 29.1 Å². The number of halogens is 1. The van der Waals surface area contributed by atoms with Crippen molar-refractivity contribution in [2.75, 3.05) is 0 Å². The lowest BCUT2D eigenvalue weighted by Gasteiger charge is -2.32. The van der Waals surface area contributed by atoms with Gasteiger partial charge in [-0.05, 0) is 206 Å². The van der Waals surface area contributed by atoms with Crippen molar-refractivity contribution in [1.29, 1.82) is 0 Å². The Labute approximate surface area is 633 Å². The lowest BCUT2D eigenvalue weighted by Crippen LogP contribution is -2.41. The summed E-state index contributed by atoms with van der Waals surface area (Å²) in [7, 11) is -0.410. The van der Waals surface area contributed by atoms with E-state index in [0.717, 1.165) is 38.7 Å². The first-order chi connectivity index (χ1) is 52.5. The van der Waals surface area contributed by atoms with E-state index in [1.807, 2.05) is 97.1 Å². The second-order valence-electron chi connectivity index (χ2n) is 30.8. The molecule has 16 aromatic carbocycles. The van der Waals surface area contributed by atoms with Gasteiger partial charge >= 0.3 is 7.12 Å². The van der Waals surface area contributed by atoms with Crippen LogP contribution in [0.1, 0.15) is 77.6 Å². The minimum atomic E-state index is -0.410. The Morgan fingerprint density at radius 1 is 0.241 bits per heavy atom. The molecule has 1 fully saturated rings. The molecule has 0 radical (unpaired) electrons. The van der Waals surface area contributed by atoms with Crippen molar-refractivity contribution in [1.82, 2.24) is 29.9 Å². The van der Waals surface area contributed by atoms with Gasteiger partial charge in [-0.25, -0.2) is 19.9 Å². The van der Waals surface area contributed by atoms with Gasteiger partial charge < -0.3 is 9.31 Å². The highest BCUT2D eigenvalue weighted by molar-refractivity contribution is 6.65. The Bertz CT molecular complexity index is 6580. The molecule has 0 spiro atoms. The van der Waals surface area contributed by atoms with Crippen molar-refractivity contribution in [2.24, 2.45) is 0 Å². The van der Waals surface area contributed by atoms with Crippen LogP contribution in [-0.2, 0) is 20.1 Å². The zero-order valence-electron chi connectivity index (χ0n) is 61.3. The third kappa shape index (κ3) is 10.9. The molecule has 2 aromatic heterocycles. The maximum Gasteiger partial charge on any atom is 0.495 e. The van der Waals surface area contributed by atoms with E-state index in [-0.39, 0.29) is 16.1 Å². The van der Waals surface area contributed by atoms with Gasteiger partial charge in [-0.3, -0.25) is 0 Å². The number of aromatic nitrogens is 6. The fraction of sp³-hybridized carbons (Fsp3) is 0.122. The smallest absolute Gasteiger partial charge is 0.399 e. The summed E-state index contributed by atoms with van der Waals surface area (Å²) in [4.78, 5) is 28.1. The molecule has 0 N–H and O–H groups in total. The van der Waals surface area contributed by atoms with Crippen LogP contribution in [0, 0.1) is 0 Å². The molecule has 18 aromatic rings. The van der Waals surface area contributed by atoms with Crippen LogP contribution in [0.2, 0.25) is 5.28 Å². The van der Waals surface area contributed by atoms with Crippen LogP contribution >= 0.6 is 11.6 Å². The third-order valence-corrected chi connectivity index (χ3v) is 23.4. The normalized spacial score (nSPS) is 14.7. The van der Waals surface area contributed by atoms with Crippen molar-refractivity contribution >= 4 is 110 Å². The van der Waals surface area contributed by atoms with E-state index >= 15 is 0 Å². The molecular weight excluding hydrogens is 1340 g/mol. The van der Waals surface area contributed by atoms with Crippen LogP contribution in [0.5, 0.6) is 0 Å². The minimum Gasteiger partial charge on any atom is -0.399 e. The van der Waals surface area contributed by atoms with Gasteiger partial charge in [-0.2, -0.15) is 9.97 Å². The molecule has 3 heterocycles. The maximum absolute atomic E-state index is 6.60. The molecule has 0 amide bonds. The van der Waals surface area contributed by atoms with E-state index in [9.17, 15) is 0 Å². The van der Waals surface area contributed by atoms with Crippen molar-refractivity contribution < 1.29 is 9.31 Å². The van der Waals surface area contributed by atoms with Gasteiger partial charge in [0, 0.05) is 38.6 Å². The van der Waals surface area contributed by atoms with Gasteiger partial charge in [0.15, 0.2) is 29.1 Å². The Morgan fingerprint density at radius 2 is 0.509 bits per heavy atom. The van der Waals surface area contributed by atoms with Crippen LogP contribution in [0.25, 0.3) is 165 Å². The highest BCUT2D eigenvalue weighted by Gasteiger charge is 2.53. The van der Waals surface area contributed by atoms with Crippen molar-refractivity contribution in [2.45, 2.75) is 77.4 Å². The standard InChI is InChI=1S/C46H31N3.C37H33BO2.C15H10ClN3/c1-46(2)40-26-37-33-22-12-10-20-31(33)30-19-9-11-21-32(30)36(37)25-39(40)42-35-24-14-13-23-34(35)38(27-41(42)46)45-48-43(28-15-5-3-6-16-28)47-44(49-45)29-17-7-4-8-18-29;1-35(2)31-20-29-25-16-10-8-14-23(25)22-13-7-9-15-24(22)28(29)19-30(31)34-27-18-12-11-17-26(27)33(21-32(34)35)38-39-36(3,4)37(5,6)40-38;16-15-18-13(11-7-3-1-4-8-11)17-14(19-15)12-9-5-2-6-10-12/h3-27H,1-2H3;7-21H,1-6H3;1-10H. The highest BCUT2D eigenvalue weighted by atomic mass is 35.5. The molecule has 518 valence electrons. The fourth-order valence-electron chi connectivity index (χ4n) is 17.0. The van der Waals surface area contributed by atoms with Gasteiger partial charge in [0.1, 0.15) is 0 Å². The zero-order valence-corrected chi connectivity index (χ0v) is 62.1.